The van der Waals surface area contributed by atoms with Gasteiger partial charge in [-0.15, -0.1) is 27.7 Å². The van der Waals surface area contributed by atoms with Crippen molar-refractivity contribution in [1.82, 2.24) is 0 Å². The molecule has 0 aliphatic rings. The number of rotatable bonds is 38. The van der Waals surface area contributed by atoms with Gasteiger partial charge in [0.1, 0.15) is 0 Å². The maximum Gasteiger partial charge on any atom is 1.00 e. The van der Waals surface area contributed by atoms with E-state index in [-0.39, 0.29) is 1.43 Å². The molecule has 12 heteroatoms. The highest BCUT2D eigenvalue weighted by molar-refractivity contribution is 7.59. The standard InChI is InChI=1S/3C14H31P.H4O7P2/c3*1-2-3-4-5-6-7-8-9-10-11-12-13-14-15;1-8(2,3)7-9(4,5)6/h3*2-15H2,1H3;(H2,1,2,3)(H2,4,5,6). The molecule has 0 aliphatic heterocycles. The molecule has 0 fully saturated rings. The minimum Gasteiger partial charge on any atom is -0.756 e. The molecule has 0 aromatic heterocycles. The monoisotopic (exact) mass is 869 g/mol. The van der Waals surface area contributed by atoms with Crippen molar-refractivity contribution >= 4 is 43.4 Å². The van der Waals surface area contributed by atoms with Crippen LogP contribution in [-0.4, -0.2) is 33.2 Å². The third kappa shape index (κ3) is 78.0. The maximum absolute atomic E-state index is 9.59. The zero-order chi connectivity index (χ0) is 41.3. The van der Waals surface area contributed by atoms with E-state index in [2.05, 4.69) is 52.8 Å². The molecule has 0 aromatic rings. The van der Waals surface area contributed by atoms with Crippen LogP contribution in [-0.2, 0) is 13.4 Å². The van der Waals surface area contributed by atoms with E-state index >= 15 is 0 Å². The molecule has 0 spiro atoms. The van der Waals surface area contributed by atoms with E-state index in [0.29, 0.717) is 0 Å². The Morgan fingerprint density at radius 3 is 0.611 bits per heavy atom. The van der Waals surface area contributed by atoms with Crippen LogP contribution in [0.2, 0.25) is 0 Å². The Labute approximate surface area is 347 Å². The van der Waals surface area contributed by atoms with Gasteiger partial charge in [-0.2, -0.15) is 0 Å². The first-order chi connectivity index (χ1) is 25.9. The Morgan fingerprint density at radius 2 is 0.519 bits per heavy atom. The van der Waals surface area contributed by atoms with Crippen LogP contribution in [0.15, 0.2) is 0 Å². The highest BCUT2D eigenvalue weighted by Crippen LogP contribution is 2.51. The SMILES string of the molecule is CCCCCCCCCCCCCCP.CCCCCCCCCCCCCCP.CCCCCCCCCCCCCCP.O=P([O-])(O)OP(=O)(O)O.[H+]. The van der Waals surface area contributed by atoms with Gasteiger partial charge < -0.3 is 19.6 Å². The molecule has 0 saturated heterocycles. The number of hydrogen-bond donors (Lipinski definition) is 3. The van der Waals surface area contributed by atoms with Crippen LogP contribution in [0.4, 0.5) is 0 Å². The van der Waals surface area contributed by atoms with Gasteiger partial charge in [0.05, 0.1) is 0 Å². The zero-order valence-electron chi connectivity index (χ0n) is 37.2. The van der Waals surface area contributed by atoms with Crippen LogP contribution in [0.5, 0.6) is 0 Å². The van der Waals surface area contributed by atoms with E-state index in [9.17, 15) is 14.0 Å². The predicted molar refractivity (Wildman–Crippen MR) is 251 cm³/mol. The van der Waals surface area contributed by atoms with Gasteiger partial charge in [0.2, 0.25) is 0 Å². The molecular formula is C42H97O7P5. The van der Waals surface area contributed by atoms with E-state index < -0.39 is 15.6 Å². The summed E-state index contributed by atoms with van der Waals surface area (Å²) in [6.07, 6.45) is 56.2. The molecule has 0 amide bonds. The quantitative estimate of drug-likeness (QED) is 0.0416. The van der Waals surface area contributed by atoms with Crippen molar-refractivity contribution in [2.45, 2.75) is 252 Å². The highest BCUT2D eigenvalue weighted by Gasteiger charge is 2.20. The summed E-state index contributed by atoms with van der Waals surface area (Å²) in [4.78, 5) is 32.6. The summed E-state index contributed by atoms with van der Waals surface area (Å²) in [5.41, 5.74) is 0. The minimum atomic E-state index is -5.30. The van der Waals surface area contributed by atoms with Gasteiger partial charge in [0.25, 0.3) is 7.82 Å². The summed E-state index contributed by atoms with van der Waals surface area (Å²) in [7, 11) is -1.97. The van der Waals surface area contributed by atoms with E-state index in [1.165, 1.54) is 250 Å². The lowest BCUT2D eigenvalue weighted by atomic mass is 10.1. The van der Waals surface area contributed by atoms with Gasteiger partial charge in [-0.3, -0.25) is 4.57 Å². The molecular weight excluding hydrogens is 771 g/mol. The summed E-state index contributed by atoms with van der Waals surface area (Å²) in [5, 5.41) is 0. The van der Waals surface area contributed by atoms with E-state index in [4.69, 9.17) is 14.7 Å². The Bertz CT molecular complexity index is 627. The molecule has 54 heavy (non-hydrogen) atoms. The Morgan fingerprint density at radius 1 is 0.370 bits per heavy atom. The third-order valence-corrected chi connectivity index (χ3v) is 12.3. The molecule has 0 saturated carbocycles. The lowest BCUT2D eigenvalue weighted by Crippen LogP contribution is -2.01. The topological polar surface area (TPSA) is 127 Å². The maximum atomic E-state index is 9.59. The van der Waals surface area contributed by atoms with Gasteiger partial charge in [-0.1, -0.05) is 233 Å². The van der Waals surface area contributed by atoms with Crippen LogP contribution in [0.25, 0.3) is 0 Å². The first kappa shape index (κ1) is 62.2. The first-order valence-corrected chi connectivity index (χ1v) is 28.3. The smallest absolute Gasteiger partial charge is 0.756 e. The molecule has 0 aromatic carbocycles. The molecule has 0 radical (unpaired) electrons. The fraction of sp³-hybridized carbons (Fsp3) is 1.00. The Kier molecular flexibility index (Phi) is 62.8. The summed E-state index contributed by atoms with van der Waals surface area (Å²) in [6.45, 7) is 6.86. The van der Waals surface area contributed by atoms with Crippen molar-refractivity contribution in [2.24, 2.45) is 0 Å². The highest BCUT2D eigenvalue weighted by atomic mass is 31.3. The van der Waals surface area contributed by atoms with Gasteiger partial charge in [-0.05, 0) is 37.7 Å². The molecule has 0 heterocycles. The molecule has 4 unspecified atom stereocenters. The molecule has 0 rings (SSSR count). The Balaban J connectivity index is -0.000000204. The second-order valence-electron chi connectivity index (χ2n) is 15.1. The largest absolute Gasteiger partial charge is 1.00 e. The fourth-order valence-corrected chi connectivity index (χ4v) is 8.03. The van der Waals surface area contributed by atoms with Gasteiger partial charge in [0.15, 0.2) is 0 Å². The second kappa shape index (κ2) is 54.6. The normalized spacial score (nSPS) is 12.2. The molecule has 7 nitrogen and oxygen atoms in total. The van der Waals surface area contributed by atoms with E-state index in [1.807, 2.05) is 0 Å². The lowest BCUT2D eigenvalue weighted by molar-refractivity contribution is -0.212. The van der Waals surface area contributed by atoms with Crippen molar-refractivity contribution in [3.63, 3.8) is 0 Å². The number of hydrogen-bond acceptors (Lipinski definition) is 4. The molecule has 332 valence electrons. The van der Waals surface area contributed by atoms with Crippen molar-refractivity contribution in [1.29, 1.82) is 0 Å². The zero-order valence-corrected chi connectivity index (χ0v) is 41.4. The van der Waals surface area contributed by atoms with Crippen LogP contribution in [0.1, 0.15) is 253 Å². The van der Waals surface area contributed by atoms with Gasteiger partial charge >= 0.3 is 9.25 Å². The van der Waals surface area contributed by atoms with Crippen molar-refractivity contribution in [2.75, 3.05) is 18.5 Å². The summed E-state index contributed by atoms with van der Waals surface area (Å²) in [6, 6.07) is 0. The molecule has 0 bridgehead atoms. The van der Waals surface area contributed by atoms with Crippen LogP contribution < -0.4 is 4.89 Å². The summed E-state index contributed by atoms with van der Waals surface area (Å²) in [5.74, 6) is 0. The Hall–Kier alpha value is 1.55. The third-order valence-electron chi connectivity index (χ3n) is 9.38. The second-order valence-corrected chi connectivity index (χ2v) is 19.4. The number of unbranched alkanes of at least 4 members (excludes halogenated alkanes) is 33. The predicted octanol–water partition coefficient (Wildman–Crippen LogP) is 15.4. The van der Waals surface area contributed by atoms with Crippen molar-refractivity contribution < 1.29 is 34.4 Å². The fourth-order valence-electron chi connectivity index (χ4n) is 6.09. The average Bonchev–Trinajstić information content (AvgIpc) is 3.11. The van der Waals surface area contributed by atoms with Crippen LogP contribution in [0, 0.1) is 0 Å². The molecule has 0 aliphatic carbocycles. The first-order valence-electron chi connectivity index (χ1n) is 22.9. The average molecular weight is 869 g/mol. The summed E-state index contributed by atoms with van der Waals surface area (Å²) < 4.78 is 21.9. The van der Waals surface area contributed by atoms with Crippen molar-refractivity contribution in [3.05, 3.63) is 0 Å². The minimum absolute atomic E-state index is 0. The number of phosphoric acid groups is 2. The van der Waals surface area contributed by atoms with Crippen LogP contribution in [0.3, 0.4) is 0 Å². The summed E-state index contributed by atoms with van der Waals surface area (Å²) >= 11 is 0. The van der Waals surface area contributed by atoms with Gasteiger partial charge in [0, 0.05) is 0 Å². The van der Waals surface area contributed by atoms with Gasteiger partial charge in [-0.25, -0.2) is 8.88 Å². The van der Waals surface area contributed by atoms with Crippen LogP contribution >= 0.6 is 43.4 Å². The molecule has 3 N–H and O–H groups in total. The molecule has 4 atom stereocenters. The lowest BCUT2D eigenvalue weighted by Gasteiger charge is -2.14. The van der Waals surface area contributed by atoms with E-state index in [0.717, 1.165) is 0 Å². The van der Waals surface area contributed by atoms with Crippen molar-refractivity contribution in [3.8, 4) is 0 Å². The van der Waals surface area contributed by atoms with E-state index in [1.54, 1.807) is 0 Å².